The Balaban J connectivity index is 1.37. The highest BCUT2D eigenvalue weighted by molar-refractivity contribution is 7.93. The topological polar surface area (TPSA) is 84.3 Å². The first-order valence-corrected chi connectivity index (χ1v) is 12.8. The Morgan fingerprint density at radius 3 is 2.61 bits per heavy atom. The lowest BCUT2D eigenvalue weighted by Crippen LogP contribution is -2.34. The van der Waals surface area contributed by atoms with Crippen molar-refractivity contribution < 1.29 is 13.2 Å². The molecule has 3 aromatic rings. The molecule has 0 fully saturated rings. The van der Waals surface area contributed by atoms with E-state index in [-0.39, 0.29) is 23.4 Å². The highest BCUT2D eigenvalue weighted by Gasteiger charge is 2.35. The van der Waals surface area contributed by atoms with Gasteiger partial charge in [-0.1, -0.05) is 42.5 Å². The molecule has 1 aromatic heterocycles. The largest absolute Gasteiger partial charge is 0.348 e. The van der Waals surface area contributed by atoms with Crippen molar-refractivity contribution >= 4 is 21.6 Å². The fourth-order valence-electron chi connectivity index (χ4n) is 5.16. The molecule has 0 bridgehead atoms. The van der Waals surface area contributed by atoms with E-state index in [0.717, 1.165) is 30.5 Å². The number of fused-ring (bicyclic) bond motifs is 2. The summed E-state index contributed by atoms with van der Waals surface area (Å²) in [5.74, 6) is -0.169. The van der Waals surface area contributed by atoms with Gasteiger partial charge in [-0.15, -0.1) is 0 Å². The van der Waals surface area contributed by atoms with Gasteiger partial charge in [0.15, 0.2) is 0 Å². The normalized spacial score (nSPS) is 17.5. The number of nitrogens with zero attached hydrogens (tertiary/aromatic N) is 3. The van der Waals surface area contributed by atoms with Gasteiger partial charge >= 0.3 is 0 Å². The third-order valence-electron chi connectivity index (χ3n) is 6.71. The van der Waals surface area contributed by atoms with E-state index in [2.05, 4.69) is 22.5 Å². The van der Waals surface area contributed by atoms with Crippen molar-refractivity contribution in [3.05, 3.63) is 76.6 Å². The first-order valence-electron chi connectivity index (χ1n) is 11.4. The second kappa shape index (κ2) is 8.33. The quantitative estimate of drug-likeness (QED) is 0.627. The van der Waals surface area contributed by atoms with Gasteiger partial charge < -0.3 is 5.32 Å². The summed E-state index contributed by atoms with van der Waals surface area (Å²) in [5.41, 5.74) is 5.08. The lowest BCUT2D eigenvalue weighted by molar-refractivity contribution is -0.122. The number of rotatable bonds is 5. The van der Waals surface area contributed by atoms with E-state index in [1.54, 1.807) is 13.8 Å². The molecule has 1 amide bonds. The Morgan fingerprint density at radius 2 is 1.79 bits per heavy atom. The standard InChI is InChI=1S/C25H28N4O3S/c1-17-25(33(31,32)29-15-14-20-9-4-6-13-23(20)29)18(2)28(27-17)16-24(30)26-22-12-7-10-19-8-3-5-11-21(19)22/h3-6,8-9,11,13,22H,7,10,12,14-16H2,1-2H3,(H,26,30)/t22-/m1/s1. The molecule has 5 rings (SSSR count). The summed E-state index contributed by atoms with van der Waals surface area (Å²) in [6, 6.07) is 15.8. The molecular weight excluding hydrogens is 436 g/mol. The molecule has 0 radical (unpaired) electrons. The van der Waals surface area contributed by atoms with Crippen molar-refractivity contribution in [3.8, 4) is 0 Å². The molecule has 0 spiro atoms. The summed E-state index contributed by atoms with van der Waals surface area (Å²) < 4.78 is 30.1. The van der Waals surface area contributed by atoms with Crippen molar-refractivity contribution in [2.75, 3.05) is 10.8 Å². The minimum atomic E-state index is -3.78. The van der Waals surface area contributed by atoms with Crippen molar-refractivity contribution in [1.29, 1.82) is 0 Å². The number of sulfonamides is 1. The van der Waals surface area contributed by atoms with Gasteiger partial charge in [0, 0.05) is 6.54 Å². The highest BCUT2D eigenvalue weighted by Crippen LogP contribution is 2.34. The number of carbonyl (C=O) groups is 1. The number of aromatic nitrogens is 2. The van der Waals surface area contributed by atoms with Crippen LogP contribution in [0.4, 0.5) is 5.69 Å². The number of anilines is 1. The summed E-state index contributed by atoms with van der Waals surface area (Å²) in [7, 11) is -3.78. The van der Waals surface area contributed by atoms with Gasteiger partial charge in [0.25, 0.3) is 10.0 Å². The van der Waals surface area contributed by atoms with Crippen LogP contribution in [0.1, 0.15) is 47.0 Å². The van der Waals surface area contributed by atoms with Crippen LogP contribution in [0.5, 0.6) is 0 Å². The zero-order valence-corrected chi connectivity index (χ0v) is 19.7. The Morgan fingerprint density at radius 1 is 1.06 bits per heavy atom. The van der Waals surface area contributed by atoms with Gasteiger partial charge in [0.05, 0.1) is 23.1 Å². The van der Waals surface area contributed by atoms with Crippen molar-refractivity contribution in [3.63, 3.8) is 0 Å². The average molecular weight is 465 g/mol. The summed E-state index contributed by atoms with van der Waals surface area (Å²) in [6.45, 7) is 3.80. The van der Waals surface area contributed by atoms with E-state index < -0.39 is 10.0 Å². The molecule has 1 atom stereocenters. The fraction of sp³-hybridized carbons (Fsp3) is 0.360. The Bertz CT molecular complexity index is 1330. The lowest BCUT2D eigenvalue weighted by atomic mass is 9.88. The van der Waals surface area contributed by atoms with E-state index in [1.165, 1.54) is 20.1 Å². The lowest BCUT2D eigenvalue weighted by Gasteiger charge is -2.26. The molecule has 2 aliphatic rings. The summed E-state index contributed by atoms with van der Waals surface area (Å²) in [5, 5.41) is 7.56. The van der Waals surface area contributed by atoms with Gasteiger partial charge in [0.1, 0.15) is 11.4 Å². The fourth-order valence-corrected chi connectivity index (χ4v) is 7.04. The zero-order chi connectivity index (χ0) is 23.2. The Kier molecular flexibility index (Phi) is 5.48. The van der Waals surface area contributed by atoms with Gasteiger partial charge in [-0.2, -0.15) is 5.10 Å². The molecule has 1 aliphatic heterocycles. The van der Waals surface area contributed by atoms with Gasteiger partial charge in [-0.05, 0) is 62.3 Å². The van der Waals surface area contributed by atoms with Crippen LogP contribution in [0.2, 0.25) is 0 Å². The highest BCUT2D eigenvalue weighted by atomic mass is 32.2. The number of hydrogen-bond donors (Lipinski definition) is 1. The number of benzene rings is 2. The molecule has 1 N–H and O–H groups in total. The number of aryl methyl sites for hydroxylation is 2. The van der Waals surface area contributed by atoms with E-state index in [1.807, 2.05) is 36.4 Å². The number of hydrogen-bond acceptors (Lipinski definition) is 4. The van der Waals surface area contributed by atoms with E-state index in [9.17, 15) is 13.2 Å². The maximum absolute atomic E-state index is 13.6. The molecule has 2 aromatic carbocycles. The second-order valence-corrected chi connectivity index (χ2v) is 10.6. The third kappa shape index (κ3) is 3.82. The molecule has 8 heteroatoms. The number of carbonyl (C=O) groups excluding carboxylic acids is 1. The summed E-state index contributed by atoms with van der Waals surface area (Å²) >= 11 is 0. The van der Waals surface area contributed by atoms with E-state index in [0.29, 0.717) is 24.4 Å². The summed E-state index contributed by atoms with van der Waals surface area (Å²) in [6.07, 6.45) is 3.64. The van der Waals surface area contributed by atoms with Crippen LogP contribution in [0.15, 0.2) is 53.4 Å². The third-order valence-corrected chi connectivity index (χ3v) is 8.77. The second-order valence-electron chi connectivity index (χ2n) is 8.82. The molecule has 0 saturated heterocycles. The predicted molar refractivity (Wildman–Crippen MR) is 127 cm³/mol. The van der Waals surface area contributed by atoms with Crippen LogP contribution < -0.4 is 9.62 Å². The van der Waals surface area contributed by atoms with Crippen molar-refractivity contribution in [2.24, 2.45) is 0 Å². The van der Waals surface area contributed by atoms with Crippen molar-refractivity contribution in [2.45, 2.75) is 57.0 Å². The van der Waals surface area contributed by atoms with Crippen molar-refractivity contribution in [1.82, 2.24) is 15.1 Å². The first kappa shape index (κ1) is 21.7. The van der Waals surface area contributed by atoms with Crippen LogP contribution in [0, 0.1) is 13.8 Å². The molecule has 172 valence electrons. The number of nitrogens with one attached hydrogen (secondary N) is 1. The van der Waals surface area contributed by atoms with Gasteiger partial charge in [-0.25, -0.2) is 8.42 Å². The Hall–Kier alpha value is -3.13. The monoisotopic (exact) mass is 464 g/mol. The molecule has 2 heterocycles. The zero-order valence-electron chi connectivity index (χ0n) is 18.9. The van der Waals surface area contributed by atoms with Gasteiger partial charge in [0.2, 0.25) is 5.91 Å². The number of amides is 1. The minimum absolute atomic E-state index is 0.0164. The van der Waals surface area contributed by atoms with Crippen LogP contribution >= 0.6 is 0 Å². The molecule has 7 nitrogen and oxygen atoms in total. The Labute approximate surface area is 194 Å². The number of para-hydroxylation sites is 1. The van der Waals surface area contributed by atoms with Crippen LogP contribution in [-0.4, -0.2) is 30.7 Å². The molecule has 0 saturated carbocycles. The minimum Gasteiger partial charge on any atom is -0.348 e. The summed E-state index contributed by atoms with van der Waals surface area (Å²) in [4.78, 5) is 13.1. The van der Waals surface area contributed by atoms with Gasteiger partial charge in [-0.3, -0.25) is 13.8 Å². The van der Waals surface area contributed by atoms with Crippen LogP contribution in [-0.2, 0) is 34.2 Å². The molecule has 1 aliphatic carbocycles. The van der Waals surface area contributed by atoms with E-state index in [4.69, 9.17) is 0 Å². The van der Waals surface area contributed by atoms with Crippen LogP contribution in [0.25, 0.3) is 0 Å². The van der Waals surface area contributed by atoms with E-state index >= 15 is 0 Å². The average Bonchev–Trinajstić information content (AvgIpc) is 3.35. The maximum Gasteiger partial charge on any atom is 0.268 e. The molecule has 33 heavy (non-hydrogen) atoms. The van der Waals surface area contributed by atoms with Crippen LogP contribution in [0.3, 0.4) is 0 Å². The molecule has 0 unspecified atom stereocenters. The SMILES string of the molecule is Cc1nn(CC(=O)N[C@@H]2CCCc3ccccc32)c(C)c1S(=O)(=O)N1CCc2ccccc21. The molecular formula is C25H28N4O3S. The smallest absolute Gasteiger partial charge is 0.268 e. The predicted octanol–water partition coefficient (Wildman–Crippen LogP) is 3.45. The first-order chi connectivity index (χ1) is 15.9. The maximum atomic E-state index is 13.6.